The fraction of sp³-hybridized carbons (Fsp3) is 0.385. The van der Waals surface area contributed by atoms with Gasteiger partial charge in [0, 0.05) is 6.08 Å². The number of hydrogen-bond donors (Lipinski definition) is 0. The first-order valence-corrected chi connectivity index (χ1v) is 10.6. The molecule has 0 aromatic heterocycles. The molecule has 1 aliphatic heterocycles. The van der Waals surface area contributed by atoms with Crippen LogP contribution in [0.4, 0.5) is 0 Å². The lowest BCUT2D eigenvalue weighted by Gasteiger charge is -2.31. The molecule has 0 N–H and O–H groups in total. The number of benzene rings is 1. The molecule has 7 nitrogen and oxygen atoms in total. The van der Waals surface area contributed by atoms with Crippen molar-refractivity contribution in [3.8, 4) is 11.5 Å². The summed E-state index contributed by atoms with van der Waals surface area (Å²) in [5.74, 6) is 0.226. The van der Waals surface area contributed by atoms with Gasteiger partial charge in [0.1, 0.15) is 12.2 Å². The van der Waals surface area contributed by atoms with Gasteiger partial charge in [0.2, 0.25) is 0 Å². The number of allylic oxidation sites excluding steroid dienone is 3. The summed E-state index contributed by atoms with van der Waals surface area (Å²) in [5, 5.41) is 0. The molecule has 0 spiro atoms. The average Bonchev–Trinajstić information content (AvgIpc) is 2.86. The van der Waals surface area contributed by atoms with Gasteiger partial charge < -0.3 is 23.7 Å². The first kappa shape index (κ1) is 25.8. The molecule has 1 aliphatic rings. The lowest BCUT2D eigenvalue weighted by molar-refractivity contribution is -0.155. The predicted molar refractivity (Wildman–Crippen MR) is 126 cm³/mol. The molecule has 0 saturated heterocycles. The minimum Gasteiger partial charge on any atom is -0.503 e. The summed E-state index contributed by atoms with van der Waals surface area (Å²) in [5.41, 5.74) is 1.95. The van der Waals surface area contributed by atoms with Gasteiger partial charge in [0.05, 0.1) is 26.1 Å². The Kier molecular flexibility index (Phi) is 8.91. The summed E-state index contributed by atoms with van der Waals surface area (Å²) in [4.78, 5) is 24.0. The van der Waals surface area contributed by atoms with Gasteiger partial charge in [0.25, 0.3) is 0 Å². The standard InChI is InChI=1S/C26H32O7/c1-17(2)13-24(27)32-23-16-31-21-12-11-19(14-22(21)33-26(23,4)5)10-8-9-18(3)20(15-29-6)25(28)30-7/h8-15,23H,16H2,1-7H3/b10-8+,18-9-,20-15+. The normalized spacial score (nSPS) is 17.7. The lowest BCUT2D eigenvalue weighted by Crippen LogP contribution is -2.46. The second kappa shape index (κ2) is 11.4. The van der Waals surface area contributed by atoms with Gasteiger partial charge in [-0.25, -0.2) is 9.59 Å². The molecule has 2 rings (SSSR count). The topological polar surface area (TPSA) is 80.3 Å². The molecule has 1 unspecified atom stereocenters. The van der Waals surface area contributed by atoms with E-state index in [0.29, 0.717) is 22.6 Å². The number of rotatable bonds is 7. The number of hydrogen-bond acceptors (Lipinski definition) is 7. The third kappa shape index (κ3) is 7.27. The predicted octanol–water partition coefficient (Wildman–Crippen LogP) is 4.78. The van der Waals surface area contributed by atoms with Crippen LogP contribution in [0.15, 0.2) is 59.4 Å². The van der Waals surface area contributed by atoms with Crippen molar-refractivity contribution < 1.29 is 33.3 Å². The largest absolute Gasteiger partial charge is 0.503 e. The van der Waals surface area contributed by atoms with Gasteiger partial charge >= 0.3 is 11.9 Å². The molecule has 1 atom stereocenters. The summed E-state index contributed by atoms with van der Waals surface area (Å²) >= 11 is 0. The van der Waals surface area contributed by atoms with Crippen LogP contribution >= 0.6 is 0 Å². The highest BCUT2D eigenvalue weighted by atomic mass is 16.6. The van der Waals surface area contributed by atoms with Gasteiger partial charge in [-0.3, -0.25) is 0 Å². The number of carbonyl (C=O) groups excluding carboxylic acids is 2. The number of fused-ring (bicyclic) bond motifs is 1. The zero-order valence-corrected chi connectivity index (χ0v) is 20.3. The van der Waals surface area contributed by atoms with Crippen LogP contribution in [0.2, 0.25) is 0 Å². The molecular weight excluding hydrogens is 424 g/mol. The molecule has 0 aliphatic carbocycles. The highest BCUT2D eigenvalue weighted by molar-refractivity contribution is 5.93. The van der Waals surface area contributed by atoms with E-state index in [4.69, 9.17) is 23.7 Å². The highest BCUT2D eigenvalue weighted by Gasteiger charge is 2.38. The Labute approximate surface area is 195 Å². The Hall–Kier alpha value is -3.48. The molecule has 1 aromatic rings. The Morgan fingerprint density at radius 3 is 2.48 bits per heavy atom. The fourth-order valence-electron chi connectivity index (χ4n) is 3.05. The zero-order valence-electron chi connectivity index (χ0n) is 20.3. The number of methoxy groups -OCH3 is 2. The molecule has 0 radical (unpaired) electrons. The molecule has 0 saturated carbocycles. The van der Waals surface area contributed by atoms with Gasteiger partial charge in [-0.2, -0.15) is 0 Å². The summed E-state index contributed by atoms with van der Waals surface area (Å²) in [6.45, 7) is 9.35. The van der Waals surface area contributed by atoms with Crippen molar-refractivity contribution in [3.05, 3.63) is 65.0 Å². The molecule has 1 aromatic carbocycles. The maximum atomic E-state index is 12.1. The number of esters is 2. The maximum absolute atomic E-state index is 12.1. The Morgan fingerprint density at radius 2 is 1.85 bits per heavy atom. The van der Waals surface area contributed by atoms with Crippen LogP contribution in [0.3, 0.4) is 0 Å². The van der Waals surface area contributed by atoms with Crippen molar-refractivity contribution in [1.82, 2.24) is 0 Å². The second-order valence-electron chi connectivity index (χ2n) is 8.34. The van der Waals surface area contributed by atoms with E-state index in [2.05, 4.69) is 0 Å². The van der Waals surface area contributed by atoms with E-state index < -0.39 is 23.6 Å². The van der Waals surface area contributed by atoms with Gasteiger partial charge in [-0.15, -0.1) is 0 Å². The monoisotopic (exact) mass is 456 g/mol. The van der Waals surface area contributed by atoms with Crippen molar-refractivity contribution in [3.63, 3.8) is 0 Å². The van der Waals surface area contributed by atoms with E-state index in [9.17, 15) is 9.59 Å². The van der Waals surface area contributed by atoms with Crippen LogP contribution in [0.5, 0.6) is 11.5 Å². The summed E-state index contributed by atoms with van der Waals surface area (Å²) < 4.78 is 27.4. The molecule has 0 amide bonds. The molecule has 0 bridgehead atoms. The fourth-order valence-corrected chi connectivity index (χ4v) is 3.05. The van der Waals surface area contributed by atoms with Gasteiger partial charge in [-0.05, 0) is 57.9 Å². The summed E-state index contributed by atoms with van der Waals surface area (Å²) in [6, 6.07) is 5.55. The van der Waals surface area contributed by atoms with Crippen molar-refractivity contribution in [2.75, 3.05) is 20.8 Å². The van der Waals surface area contributed by atoms with E-state index in [1.54, 1.807) is 13.0 Å². The van der Waals surface area contributed by atoms with Crippen molar-refractivity contribution >= 4 is 18.0 Å². The van der Waals surface area contributed by atoms with E-state index in [-0.39, 0.29) is 6.61 Å². The third-order valence-corrected chi connectivity index (χ3v) is 4.87. The number of ether oxygens (including phenoxy) is 5. The molecule has 0 fully saturated rings. The maximum Gasteiger partial charge on any atom is 0.341 e. The van der Waals surface area contributed by atoms with Crippen LogP contribution in [0.1, 0.15) is 40.2 Å². The Bertz CT molecular complexity index is 992. The quantitative estimate of drug-likeness (QED) is 0.253. The SMILES string of the molecule is CO\C=C(C(=O)OC)/C(C)=C\C=C\c1ccc2c(c1)OC(C)(C)C(OC(=O)C=C(C)C)CO2. The summed E-state index contributed by atoms with van der Waals surface area (Å²) in [7, 11) is 2.79. The molecule has 7 heteroatoms. The van der Waals surface area contributed by atoms with Crippen LogP contribution < -0.4 is 9.47 Å². The minimum absolute atomic E-state index is 0.182. The van der Waals surface area contributed by atoms with Crippen LogP contribution in [-0.4, -0.2) is 44.5 Å². The van der Waals surface area contributed by atoms with E-state index in [1.807, 2.05) is 58.0 Å². The highest BCUT2D eigenvalue weighted by Crippen LogP contribution is 2.36. The Balaban J connectivity index is 2.20. The smallest absolute Gasteiger partial charge is 0.341 e. The first-order valence-electron chi connectivity index (χ1n) is 10.6. The van der Waals surface area contributed by atoms with Crippen molar-refractivity contribution in [2.45, 2.75) is 46.3 Å². The third-order valence-electron chi connectivity index (χ3n) is 4.87. The Morgan fingerprint density at radius 1 is 1.12 bits per heavy atom. The molecular formula is C26H32O7. The molecule has 33 heavy (non-hydrogen) atoms. The van der Waals surface area contributed by atoms with Crippen LogP contribution in [0, 0.1) is 0 Å². The van der Waals surface area contributed by atoms with Gasteiger partial charge in [0.15, 0.2) is 17.6 Å². The van der Waals surface area contributed by atoms with E-state index in [0.717, 1.165) is 11.1 Å². The minimum atomic E-state index is -0.796. The van der Waals surface area contributed by atoms with Crippen LogP contribution in [-0.2, 0) is 23.8 Å². The van der Waals surface area contributed by atoms with Crippen molar-refractivity contribution in [2.24, 2.45) is 0 Å². The number of carbonyl (C=O) groups is 2. The molecule has 178 valence electrons. The van der Waals surface area contributed by atoms with Crippen LogP contribution in [0.25, 0.3) is 6.08 Å². The van der Waals surface area contributed by atoms with Crippen molar-refractivity contribution in [1.29, 1.82) is 0 Å². The average molecular weight is 457 g/mol. The zero-order chi connectivity index (χ0) is 24.6. The second-order valence-corrected chi connectivity index (χ2v) is 8.34. The lowest BCUT2D eigenvalue weighted by atomic mass is 10.0. The first-order chi connectivity index (χ1) is 15.6. The summed E-state index contributed by atoms with van der Waals surface area (Å²) in [6.07, 6.45) is 7.69. The van der Waals surface area contributed by atoms with E-state index >= 15 is 0 Å². The van der Waals surface area contributed by atoms with E-state index in [1.165, 1.54) is 26.6 Å². The molecule has 1 heterocycles. The van der Waals surface area contributed by atoms with Gasteiger partial charge in [-0.1, -0.05) is 29.9 Å².